The standard InChI is InChI=1S/C17H31N3O2/c1-12-7-6-8-19(11-12)14(21)15(22)20-16(2,3)9-13(18)10-17(20,4)5/h12-13H,6-11,18H2,1-5H3. The van der Waals surface area contributed by atoms with E-state index in [-0.39, 0.29) is 17.9 Å². The van der Waals surface area contributed by atoms with Crippen molar-refractivity contribution in [3.05, 3.63) is 0 Å². The lowest BCUT2D eigenvalue weighted by atomic mass is 9.77. The fraction of sp³-hybridized carbons (Fsp3) is 0.882. The first kappa shape index (κ1) is 17.3. The van der Waals surface area contributed by atoms with Crippen LogP contribution in [0.4, 0.5) is 0 Å². The highest BCUT2D eigenvalue weighted by Crippen LogP contribution is 2.38. The van der Waals surface area contributed by atoms with Gasteiger partial charge in [0.15, 0.2) is 0 Å². The van der Waals surface area contributed by atoms with Gasteiger partial charge in [-0.25, -0.2) is 0 Å². The van der Waals surface area contributed by atoms with E-state index >= 15 is 0 Å². The molecule has 2 saturated heterocycles. The summed E-state index contributed by atoms with van der Waals surface area (Å²) in [7, 11) is 0. The summed E-state index contributed by atoms with van der Waals surface area (Å²) in [6.45, 7) is 11.6. The number of likely N-dealkylation sites (tertiary alicyclic amines) is 2. The number of nitrogens with zero attached hydrogens (tertiary/aromatic N) is 2. The van der Waals surface area contributed by atoms with Gasteiger partial charge < -0.3 is 15.5 Å². The van der Waals surface area contributed by atoms with Crippen LogP contribution in [0.3, 0.4) is 0 Å². The molecule has 1 atom stereocenters. The second kappa shape index (κ2) is 5.84. The average molecular weight is 309 g/mol. The number of rotatable bonds is 0. The van der Waals surface area contributed by atoms with Crippen molar-refractivity contribution in [1.82, 2.24) is 9.80 Å². The first-order valence-electron chi connectivity index (χ1n) is 8.44. The third kappa shape index (κ3) is 3.29. The Kier molecular flexibility index (Phi) is 4.58. The van der Waals surface area contributed by atoms with Crippen LogP contribution in [0.25, 0.3) is 0 Å². The molecule has 0 aromatic rings. The molecule has 2 aliphatic rings. The quantitative estimate of drug-likeness (QED) is 0.693. The van der Waals surface area contributed by atoms with Gasteiger partial charge in [-0.3, -0.25) is 9.59 Å². The Labute approximate surface area is 134 Å². The van der Waals surface area contributed by atoms with Crippen LogP contribution in [0, 0.1) is 5.92 Å². The van der Waals surface area contributed by atoms with Crippen LogP contribution < -0.4 is 5.73 Å². The van der Waals surface area contributed by atoms with E-state index in [4.69, 9.17) is 5.73 Å². The molecule has 2 rings (SSSR count). The summed E-state index contributed by atoms with van der Waals surface area (Å²) >= 11 is 0. The molecule has 0 aromatic carbocycles. The number of carbonyl (C=O) groups excluding carboxylic acids is 2. The molecule has 0 spiro atoms. The number of amides is 2. The summed E-state index contributed by atoms with van der Waals surface area (Å²) < 4.78 is 0. The Hall–Kier alpha value is -1.10. The van der Waals surface area contributed by atoms with Crippen LogP contribution in [0.5, 0.6) is 0 Å². The van der Waals surface area contributed by atoms with Crippen LogP contribution in [0.2, 0.25) is 0 Å². The van der Waals surface area contributed by atoms with Gasteiger partial charge in [-0.1, -0.05) is 6.92 Å². The second-order valence-electron chi connectivity index (χ2n) is 8.43. The largest absolute Gasteiger partial charge is 0.334 e. The molecular formula is C17H31N3O2. The van der Waals surface area contributed by atoms with Crippen LogP contribution in [-0.2, 0) is 9.59 Å². The van der Waals surface area contributed by atoms with Crippen molar-refractivity contribution in [2.45, 2.75) is 77.4 Å². The highest BCUT2D eigenvalue weighted by Gasteiger charge is 2.49. The zero-order chi connectivity index (χ0) is 16.7. The summed E-state index contributed by atoms with van der Waals surface area (Å²) in [4.78, 5) is 29.2. The van der Waals surface area contributed by atoms with Gasteiger partial charge in [-0.15, -0.1) is 0 Å². The monoisotopic (exact) mass is 309 g/mol. The minimum Gasteiger partial charge on any atom is -0.334 e. The molecule has 2 heterocycles. The van der Waals surface area contributed by atoms with Gasteiger partial charge in [-0.05, 0) is 59.3 Å². The van der Waals surface area contributed by atoms with E-state index in [1.807, 2.05) is 27.7 Å². The van der Waals surface area contributed by atoms with Crippen LogP contribution in [0.1, 0.15) is 60.3 Å². The molecule has 5 nitrogen and oxygen atoms in total. The van der Waals surface area contributed by atoms with E-state index in [1.165, 1.54) is 0 Å². The fourth-order valence-corrected chi connectivity index (χ4v) is 4.51. The molecular weight excluding hydrogens is 278 g/mol. The summed E-state index contributed by atoms with van der Waals surface area (Å²) in [5, 5.41) is 0. The van der Waals surface area contributed by atoms with Crippen molar-refractivity contribution >= 4 is 11.8 Å². The molecule has 0 bridgehead atoms. The highest BCUT2D eigenvalue weighted by atomic mass is 16.2. The molecule has 126 valence electrons. The maximum absolute atomic E-state index is 12.9. The molecule has 0 saturated carbocycles. The summed E-state index contributed by atoms with van der Waals surface area (Å²) in [5.74, 6) is -0.236. The minimum atomic E-state index is -0.394. The third-order valence-electron chi connectivity index (χ3n) is 5.06. The van der Waals surface area contributed by atoms with Crippen molar-refractivity contribution in [2.24, 2.45) is 11.7 Å². The van der Waals surface area contributed by atoms with Crippen molar-refractivity contribution in [3.8, 4) is 0 Å². The molecule has 2 fully saturated rings. The molecule has 2 amide bonds. The molecule has 0 aliphatic carbocycles. The molecule has 2 aliphatic heterocycles. The number of hydrogen-bond acceptors (Lipinski definition) is 3. The van der Waals surface area contributed by atoms with E-state index in [1.54, 1.807) is 9.80 Å². The Morgan fingerprint density at radius 3 is 2.09 bits per heavy atom. The van der Waals surface area contributed by atoms with Gasteiger partial charge in [0.25, 0.3) is 0 Å². The molecule has 0 radical (unpaired) electrons. The minimum absolute atomic E-state index is 0.0687. The van der Waals surface area contributed by atoms with Crippen molar-refractivity contribution in [1.29, 1.82) is 0 Å². The number of nitrogens with two attached hydrogens (primary N) is 1. The Balaban J connectivity index is 2.20. The van der Waals surface area contributed by atoms with Gasteiger partial charge in [0.2, 0.25) is 0 Å². The van der Waals surface area contributed by atoms with Gasteiger partial charge in [0.05, 0.1) is 0 Å². The van der Waals surface area contributed by atoms with E-state index in [0.29, 0.717) is 19.0 Å². The maximum Gasteiger partial charge on any atom is 0.312 e. The number of piperidine rings is 2. The van der Waals surface area contributed by atoms with Gasteiger partial charge in [-0.2, -0.15) is 0 Å². The lowest BCUT2D eigenvalue weighted by molar-refractivity contribution is -0.164. The summed E-state index contributed by atoms with van der Waals surface area (Å²) in [5.41, 5.74) is 5.37. The van der Waals surface area contributed by atoms with Gasteiger partial charge >= 0.3 is 11.8 Å². The predicted octanol–water partition coefficient (Wildman–Crippen LogP) is 1.75. The molecule has 22 heavy (non-hydrogen) atoms. The van der Waals surface area contributed by atoms with Gasteiger partial charge in [0.1, 0.15) is 0 Å². The third-order valence-corrected chi connectivity index (χ3v) is 5.06. The SMILES string of the molecule is CC1CCCN(C(=O)C(=O)N2C(C)(C)CC(N)CC2(C)C)C1. The Morgan fingerprint density at radius 1 is 1.05 bits per heavy atom. The van der Waals surface area contributed by atoms with Crippen molar-refractivity contribution < 1.29 is 9.59 Å². The maximum atomic E-state index is 12.9. The Morgan fingerprint density at radius 2 is 1.59 bits per heavy atom. The van der Waals surface area contributed by atoms with E-state index < -0.39 is 11.1 Å². The smallest absolute Gasteiger partial charge is 0.312 e. The zero-order valence-corrected chi connectivity index (χ0v) is 14.7. The first-order chi connectivity index (χ1) is 10.0. The molecule has 1 unspecified atom stereocenters. The van der Waals surface area contributed by atoms with Crippen LogP contribution >= 0.6 is 0 Å². The molecule has 5 heteroatoms. The van der Waals surface area contributed by atoms with Crippen LogP contribution in [-0.4, -0.2) is 51.8 Å². The number of hydrogen-bond donors (Lipinski definition) is 1. The zero-order valence-electron chi connectivity index (χ0n) is 14.7. The topological polar surface area (TPSA) is 66.6 Å². The second-order valence-corrected chi connectivity index (χ2v) is 8.43. The molecule has 0 aromatic heterocycles. The fourth-order valence-electron chi connectivity index (χ4n) is 4.51. The van der Waals surface area contributed by atoms with E-state index in [0.717, 1.165) is 25.7 Å². The predicted molar refractivity (Wildman–Crippen MR) is 87.2 cm³/mol. The summed E-state index contributed by atoms with van der Waals surface area (Å²) in [6.07, 6.45) is 3.57. The molecule has 2 N–H and O–H groups in total. The average Bonchev–Trinajstić information content (AvgIpc) is 2.34. The van der Waals surface area contributed by atoms with Crippen molar-refractivity contribution in [2.75, 3.05) is 13.1 Å². The highest BCUT2D eigenvalue weighted by molar-refractivity contribution is 6.35. The first-order valence-corrected chi connectivity index (χ1v) is 8.44. The Bertz CT molecular complexity index is 441. The van der Waals surface area contributed by atoms with Crippen molar-refractivity contribution in [3.63, 3.8) is 0 Å². The van der Waals surface area contributed by atoms with Gasteiger partial charge in [0, 0.05) is 30.2 Å². The van der Waals surface area contributed by atoms with E-state index in [9.17, 15) is 9.59 Å². The lowest BCUT2D eigenvalue weighted by Gasteiger charge is -2.54. The normalized spacial score (nSPS) is 28.5. The van der Waals surface area contributed by atoms with Crippen LogP contribution in [0.15, 0.2) is 0 Å². The summed E-state index contributed by atoms with van der Waals surface area (Å²) in [6, 6.07) is 0.0687. The lowest BCUT2D eigenvalue weighted by Crippen LogP contribution is -2.67. The number of carbonyl (C=O) groups is 2. The van der Waals surface area contributed by atoms with E-state index in [2.05, 4.69) is 6.92 Å².